The number of aromatic nitrogens is 2. The van der Waals surface area contributed by atoms with Gasteiger partial charge >= 0.3 is 0 Å². The smallest absolute Gasteiger partial charge is 0.272 e. The van der Waals surface area contributed by atoms with Crippen molar-refractivity contribution in [1.29, 1.82) is 0 Å². The first kappa shape index (κ1) is 20.0. The van der Waals surface area contributed by atoms with Crippen LogP contribution in [0.2, 0.25) is 5.02 Å². The number of morpholine rings is 1. The number of amides is 2. The zero-order chi connectivity index (χ0) is 20.1. The Balaban J connectivity index is 1.76. The van der Waals surface area contributed by atoms with Gasteiger partial charge in [-0.2, -0.15) is 0 Å². The lowest BCUT2D eigenvalue weighted by Gasteiger charge is -2.41. The molecule has 1 atom stereocenters. The van der Waals surface area contributed by atoms with E-state index < -0.39 is 11.5 Å². The fourth-order valence-electron chi connectivity index (χ4n) is 3.08. The molecule has 0 unspecified atom stereocenters. The van der Waals surface area contributed by atoms with Gasteiger partial charge in [0, 0.05) is 17.8 Å². The normalized spacial score (nSPS) is 19.3. The second-order valence-corrected chi connectivity index (χ2v) is 7.10. The number of hydrogen-bond donors (Lipinski definition) is 1. The van der Waals surface area contributed by atoms with Crippen molar-refractivity contribution in [3.63, 3.8) is 0 Å². The lowest BCUT2D eigenvalue weighted by atomic mass is 9.97. The van der Waals surface area contributed by atoms with Crippen LogP contribution in [0.5, 0.6) is 5.75 Å². The molecule has 8 nitrogen and oxygen atoms in total. The summed E-state index contributed by atoms with van der Waals surface area (Å²) in [5.74, 6) is -0.206. The highest BCUT2D eigenvalue weighted by Crippen LogP contribution is 2.26. The summed E-state index contributed by atoms with van der Waals surface area (Å²) in [5, 5.41) is 0.634. The highest BCUT2D eigenvalue weighted by Gasteiger charge is 2.41. The molecule has 1 aromatic heterocycles. The van der Waals surface area contributed by atoms with Crippen LogP contribution in [0, 0.1) is 6.92 Å². The molecule has 1 saturated heterocycles. The second-order valence-electron chi connectivity index (χ2n) is 6.70. The van der Waals surface area contributed by atoms with E-state index in [9.17, 15) is 9.59 Å². The molecule has 0 bridgehead atoms. The maximum atomic E-state index is 12.7. The van der Waals surface area contributed by atoms with Crippen molar-refractivity contribution in [3.8, 4) is 5.75 Å². The molecule has 1 fully saturated rings. The average molecular weight is 405 g/mol. The van der Waals surface area contributed by atoms with Gasteiger partial charge in [-0.25, -0.2) is 9.97 Å². The van der Waals surface area contributed by atoms with Crippen LogP contribution in [0.15, 0.2) is 36.8 Å². The Labute approximate surface area is 167 Å². The maximum absolute atomic E-state index is 12.7. The van der Waals surface area contributed by atoms with E-state index >= 15 is 0 Å². The van der Waals surface area contributed by atoms with Gasteiger partial charge in [0.15, 0.2) is 0 Å². The van der Waals surface area contributed by atoms with Crippen molar-refractivity contribution in [1.82, 2.24) is 14.9 Å². The van der Waals surface area contributed by atoms with Gasteiger partial charge in [-0.15, -0.1) is 0 Å². The van der Waals surface area contributed by atoms with Crippen LogP contribution in [0.4, 0.5) is 0 Å². The second kappa shape index (κ2) is 8.53. The molecule has 0 spiro atoms. The van der Waals surface area contributed by atoms with Gasteiger partial charge < -0.3 is 20.1 Å². The molecule has 1 aliphatic rings. The van der Waals surface area contributed by atoms with E-state index in [2.05, 4.69) is 9.97 Å². The van der Waals surface area contributed by atoms with Crippen LogP contribution in [-0.2, 0) is 9.53 Å². The predicted octanol–water partition coefficient (Wildman–Crippen LogP) is 1.60. The van der Waals surface area contributed by atoms with E-state index in [1.807, 2.05) is 6.92 Å². The standard InChI is InChI=1S/C19H21ClN4O4/c1-13-8-14(2-3-15(13)20)27-11-19(9-17(21)25)10-24(6-7-28-19)18(26)16-4-5-22-12-23-16/h2-5,8,12H,6-7,9-11H2,1H3,(H2,21,25)/t19-/m1/s1. The number of primary amides is 1. The molecule has 148 valence electrons. The van der Waals surface area contributed by atoms with Gasteiger partial charge in [0.2, 0.25) is 5.91 Å². The van der Waals surface area contributed by atoms with Crippen LogP contribution in [0.3, 0.4) is 0 Å². The van der Waals surface area contributed by atoms with E-state index in [0.717, 1.165) is 5.56 Å². The van der Waals surface area contributed by atoms with Gasteiger partial charge in [-0.3, -0.25) is 9.59 Å². The van der Waals surface area contributed by atoms with Crippen LogP contribution in [-0.4, -0.2) is 58.6 Å². The van der Waals surface area contributed by atoms with Crippen LogP contribution in [0.25, 0.3) is 0 Å². The number of benzene rings is 1. The van der Waals surface area contributed by atoms with Crippen LogP contribution >= 0.6 is 11.6 Å². The maximum Gasteiger partial charge on any atom is 0.272 e. The number of carbonyl (C=O) groups excluding carboxylic acids is 2. The Bertz CT molecular complexity index is 864. The van der Waals surface area contributed by atoms with Crippen molar-refractivity contribution in [2.45, 2.75) is 18.9 Å². The first-order valence-corrected chi connectivity index (χ1v) is 9.13. The molecule has 2 amide bonds. The van der Waals surface area contributed by atoms with Gasteiger partial charge in [0.05, 0.1) is 19.6 Å². The Morgan fingerprint density at radius 2 is 2.21 bits per heavy atom. The molecule has 2 heterocycles. The van der Waals surface area contributed by atoms with Crippen molar-refractivity contribution in [2.75, 3.05) is 26.3 Å². The zero-order valence-electron chi connectivity index (χ0n) is 15.4. The summed E-state index contributed by atoms with van der Waals surface area (Å²) in [6.45, 7) is 2.72. The number of carbonyl (C=O) groups is 2. The molecule has 2 N–H and O–H groups in total. The number of rotatable bonds is 6. The van der Waals surface area contributed by atoms with E-state index in [0.29, 0.717) is 17.3 Å². The Morgan fingerprint density at radius 1 is 1.39 bits per heavy atom. The van der Waals surface area contributed by atoms with Crippen LogP contribution < -0.4 is 10.5 Å². The molecular formula is C19H21ClN4O4. The van der Waals surface area contributed by atoms with Crippen molar-refractivity contribution in [2.24, 2.45) is 5.73 Å². The van der Waals surface area contributed by atoms with Gasteiger partial charge in [0.25, 0.3) is 5.91 Å². The number of hydrogen-bond acceptors (Lipinski definition) is 6. The molecule has 28 heavy (non-hydrogen) atoms. The minimum atomic E-state index is -1.04. The number of aryl methyl sites for hydroxylation is 1. The third-order valence-electron chi connectivity index (χ3n) is 4.46. The molecule has 3 rings (SSSR count). The van der Waals surface area contributed by atoms with Crippen molar-refractivity contribution >= 4 is 23.4 Å². The highest BCUT2D eigenvalue weighted by atomic mass is 35.5. The molecule has 0 saturated carbocycles. The summed E-state index contributed by atoms with van der Waals surface area (Å²) in [6, 6.07) is 6.81. The van der Waals surface area contributed by atoms with Crippen LogP contribution in [0.1, 0.15) is 22.5 Å². The van der Waals surface area contributed by atoms with Gasteiger partial charge in [-0.1, -0.05) is 11.6 Å². The third kappa shape index (κ3) is 4.76. The SMILES string of the molecule is Cc1cc(OC[C@@]2(CC(N)=O)CN(C(=O)c3ccncn3)CCO2)ccc1Cl. The summed E-state index contributed by atoms with van der Waals surface area (Å²) in [5.41, 5.74) is 5.54. The minimum Gasteiger partial charge on any atom is -0.490 e. The highest BCUT2D eigenvalue weighted by molar-refractivity contribution is 6.31. The summed E-state index contributed by atoms with van der Waals surface area (Å²) < 4.78 is 11.8. The number of ether oxygens (including phenoxy) is 2. The lowest BCUT2D eigenvalue weighted by Crippen LogP contribution is -2.58. The summed E-state index contributed by atoms with van der Waals surface area (Å²) in [7, 11) is 0. The van der Waals surface area contributed by atoms with Crippen molar-refractivity contribution in [3.05, 3.63) is 53.1 Å². The van der Waals surface area contributed by atoms with E-state index in [4.69, 9.17) is 26.8 Å². The summed E-state index contributed by atoms with van der Waals surface area (Å²) in [4.78, 5) is 33.8. The molecule has 2 aromatic rings. The quantitative estimate of drug-likeness (QED) is 0.783. The number of nitrogens with two attached hydrogens (primary N) is 1. The fourth-order valence-corrected chi connectivity index (χ4v) is 3.20. The zero-order valence-corrected chi connectivity index (χ0v) is 16.2. The predicted molar refractivity (Wildman–Crippen MR) is 102 cm³/mol. The topological polar surface area (TPSA) is 108 Å². The van der Waals surface area contributed by atoms with Crippen molar-refractivity contribution < 1.29 is 19.1 Å². The first-order valence-electron chi connectivity index (χ1n) is 8.75. The summed E-state index contributed by atoms with van der Waals surface area (Å²) >= 11 is 6.04. The number of nitrogens with zero attached hydrogens (tertiary/aromatic N) is 3. The molecular weight excluding hydrogens is 384 g/mol. The fraction of sp³-hybridized carbons (Fsp3) is 0.368. The molecule has 0 aliphatic carbocycles. The third-order valence-corrected chi connectivity index (χ3v) is 4.89. The van der Waals surface area contributed by atoms with E-state index in [1.54, 1.807) is 29.2 Å². The Kier molecular flexibility index (Phi) is 6.11. The lowest BCUT2D eigenvalue weighted by molar-refractivity contribution is -0.142. The largest absolute Gasteiger partial charge is 0.490 e. The average Bonchev–Trinajstić information content (AvgIpc) is 2.69. The molecule has 9 heteroatoms. The van der Waals surface area contributed by atoms with E-state index in [-0.39, 0.29) is 37.8 Å². The molecule has 0 radical (unpaired) electrons. The van der Waals surface area contributed by atoms with Gasteiger partial charge in [-0.05, 0) is 36.8 Å². The molecule has 1 aliphatic heterocycles. The van der Waals surface area contributed by atoms with Gasteiger partial charge in [0.1, 0.15) is 30.0 Å². The monoisotopic (exact) mass is 404 g/mol. The number of halogens is 1. The Morgan fingerprint density at radius 3 is 2.89 bits per heavy atom. The minimum absolute atomic E-state index is 0.0601. The summed E-state index contributed by atoms with van der Waals surface area (Å²) in [6.07, 6.45) is 2.74. The first-order chi connectivity index (χ1) is 13.4. The molecule has 1 aromatic carbocycles. The van der Waals surface area contributed by atoms with E-state index in [1.165, 1.54) is 12.5 Å². The Hall–Kier alpha value is -2.71.